The molecule has 1 N–H and O–H groups in total. The SMILES string of the molecule is C=C(C)/C=C(\C=C/C)C(=N)C(C)CC(C)CCC1=C(C(=C)CC)C(=C)CCC(CCC)(CCC)C1. The summed E-state index contributed by atoms with van der Waals surface area (Å²) in [5, 5.41) is 8.79. The molecule has 1 nitrogen and oxygen atoms in total. The zero-order valence-electron chi connectivity index (χ0n) is 24.3. The van der Waals surface area contributed by atoms with Crippen LogP contribution in [-0.4, -0.2) is 5.71 Å². The van der Waals surface area contributed by atoms with Crippen LogP contribution in [0.25, 0.3) is 0 Å². The molecule has 0 fully saturated rings. The molecule has 0 aromatic rings. The third-order valence-electron chi connectivity index (χ3n) is 7.84. The molecule has 1 aliphatic carbocycles. The first-order chi connectivity index (χ1) is 16.5. The van der Waals surface area contributed by atoms with E-state index in [4.69, 9.17) is 5.41 Å². The molecule has 0 aliphatic heterocycles. The smallest absolute Gasteiger partial charge is 0.0414 e. The topological polar surface area (TPSA) is 23.9 Å². The van der Waals surface area contributed by atoms with Crippen molar-refractivity contribution in [3.05, 3.63) is 71.4 Å². The molecule has 0 saturated carbocycles. The van der Waals surface area contributed by atoms with Crippen molar-refractivity contribution in [2.45, 2.75) is 119 Å². The molecule has 1 rings (SSSR count). The fourth-order valence-electron chi connectivity index (χ4n) is 6.13. The Labute approximate surface area is 218 Å². The monoisotopic (exact) mass is 477 g/mol. The molecule has 35 heavy (non-hydrogen) atoms. The molecular weight excluding hydrogens is 422 g/mol. The summed E-state index contributed by atoms with van der Waals surface area (Å²) in [6, 6.07) is 0. The summed E-state index contributed by atoms with van der Waals surface area (Å²) in [6.45, 7) is 28.5. The molecule has 0 saturated heterocycles. The first kappa shape index (κ1) is 31.1. The summed E-state index contributed by atoms with van der Waals surface area (Å²) in [6.07, 6.45) is 19.2. The van der Waals surface area contributed by atoms with Gasteiger partial charge in [-0.15, -0.1) is 0 Å². The second-order valence-electron chi connectivity index (χ2n) is 11.4. The van der Waals surface area contributed by atoms with Crippen LogP contribution in [0.5, 0.6) is 0 Å². The van der Waals surface area contributed by atoms with Gasteiger partial charge < -0.3 is 5.41 Å². The average Bonchev–Trinajstić information content (AvgIpc) is 2.93. The first-order valence-corrected chi connectivity index (χ1v) is 14.2. The number of hydrogen-bond donors (Lipinski definition) is 1. The molecule has 1 aliphatic rings. The lowest BCUT2D eigenvalue weighted by molar-refractivity contribution is 0.212. The minimum atomic E-state index is 0.231. The molecule has 0 amide bonds. The van der Waals surface area contributed by atoms with Crippen molar-refractivity contribution in [1.82, 2.24) is 0 Å². The van der Waals surface area contributed by atoms with E-state index in [9.17, 15) is 0 Å². The Balaban J connectivity index is 3.10. The summed E-state index contributed by atoms with van der Waals surface area (Å²) >= 11 is 0. The number of allylic oxidation sites excluding steroid dienone is 9. The second kappa shape index (κ2) is 15.3. The third kappa shape index (κ3) is 9.59. The fraction of sp³-hybridized carbons (Fsp3) is 0.618. The standard InChI is InChI=1S/C34H55N/c1-11-15-30(22-25(5)6)33(35)29(10)23-26(7)16-17-31-24-34(19-12-2,20-13-3)21-18-28(9)32(31)27(8)14-4/h11,15,22,26,29,35H,5,8-9,12-14,16-21,23-24H2,1-4,6-7,10H3/b15-11-,30-22+,35-33?. The summed E-state index contributed by atoms with van der Waals surface area (Å²) in [7, 11) is 0. The fourth-order valence-corrected chi connectivity index (χ4v) is 6.13. The highest BCUT2D eigenvalue weighted by molar-refractivity contribution is 6.02. The maximum atomic E-state index is 8.79. The minimum Gasteiger partial charge on any atom is -0.304 e. The highest BCUT2D eigenvalue weighted by atomic mass is 14.4. The van der Waals surface area contributed by atoms with Gasteiger partial charge in [-0.1, -0.05) is 96.6 Å². The van der Waals surface area contributed by atoms with E-state index in [1.165, 1.54) is 55.2 Å². The van der Waals surface area contributed by atoms with Gasteiger partial charge >= 0.3 is 0 Å². The Bertz CT molecular complexity index is 838. The van der Waals surface area contributed by atoms with Crippen LogP contribution in [0.15, 0.2) is 71.4 Å². The lowest BCUT2D eigenvalue weighted by Gasteiger charge is -2.34. The van der Waals surface area contributed by atoms with E-state index in [1.807, 2.05) is 32.1 Å². The second-order valence-corrected chi connectivity index (χ2v) is 11.4. The van der Waals surface area contributed by atoms with Gasteiger partial charge in [-0.3, -0.25) is 0 Å². The van der Waals surface area contributed by atoms with Crippen molar-refractivity contribution in [2.75, 3.05) is 0 Å². The maximum absolute atomic E-state index is 8.79. The molecule has 2 unspecified atom stereocenters. The van der Waals surface area contributed by atoms with Crippen molar-refractivity contribution in [2.24, 2.45) is 17.3 Å². The van der Waals surface area contributed by atoms with E-state index in [0.29, 0.717) is 11.3 Å². The van der Waals surface area contributed by atoms with Crippen LogP contribution >= 0.6 is 0 Å². The lowest BCUT2D eigenvalue weighted by atomic mass is 9.71. The predicted molar refractivity (Wildman–Crippen MR) is 159 cm³/mol. The van der Waals surface area contributed by atoms with Crippen LogP contribution in [0.3, 0.4) is 0 Å². The Kier molecular flexibility index (Phi) is 13.6. The van der Waals surface area contributed by atoms with Crippen molar-refractivity contribution < 1.29 is 0 Å². The molecule has 0 aromatic carbocycles. The zero-order chi connectivity index (χ0) is 26.6. The van der Waals surface area contributed by atoms with Gasteiger partial charge in [-0.25, -0.2) is 0 Å². The molecule has 196 valence electrons. The Morgan fingerprint density at radius 3 is 2.26 bits per heavy atom. The van der Waals surface area contributed by atoms with Crippen molar-refractivity contribution in [3.8, 4) is 0 Å². The molecule has 0 heterocycles. The predicted octanol–water partition coefficient (Wildman–Crippen LogP) is 11.1. The number of nitrogens with one attached hydrogen (secondary N) is 1. The van der Waals surface area contributed by atoms with Gasteiger partial charge in [-0.2, -0.15) is 0 Å². The summed E-state index contributed by atoms with van der Waals surface area (Å²) in [4.78, 5) is 0. The van der Waals surface area contributed by atoms with Crippen LogP contribution in [0, 0.1) is 22.7 Å². The van der Waals surface area contributed by atoms with Crippen molar-refractivity contribution >= 4 is 5.71 Å². The summed E-state index contributed by atoms with van der Waals surface area (Å²) in [5.74, 6) is 0.795. The van der Waals surface area contributed by atoms with E-state index in [2.05, 4.69) is 54.4 Å². The summed E-state index contributed by atoms with van der Waals surface area (Å²) in [5.41, 5.74) is 8.78. The van der Waals surface area contributed by atoms with Crippen LogP contribution in [0.4, 0.5) is 0 Å². The molecule has 2 atom stereocenters. The minimum absolute atomic E-state index is 0.231. The average molecular weight is 478 g/mol. The third-order valence-corrected chi connectivity index (χ3v) is 7.84. The van der Waals surface area contributed by atoms with Crippen LogP contribution in [0.1, 0.15) is 119 Å². The quantitative estimate of drug-likeness (QED) is 0.179. The lowest BCUT2D eigenvalue weighted by Crippen LogP contribution is -2.21. The van der Waals surface area contributed by atoms with Crippen molar-refractivity contribution in [1.29, 1.82) is 5.41 Å². The Morgan fingerprint density at radius 1 is 1.11 bits per heavy atom. The maximum Gasteiger partial charge on any atom is 0.0414 e. The summed E-state index contributed by atoms with van der Waals surface area (Å²) < 4.78 is 0. The normalized spacial score (nSPS) is 18.5. The van der Waals surface area contributed by atoms with Gasteiger partial charge in [0.1, 0.15) is 0 Å². The molecular formula is C34H55N. The van der Waals surface area contributed by atoms with E-state index in [1.54, 1.807) is 5.57 Å². The van der Waals surface area contributed by atoms with E-state index < -0.39 is 0 Å². The number of hydrogen-bond acceptors (Lipinski definition) is 1. The number of rotatable bonds is 15. The van der Waals surface area contributed by atoms with Crippen LogP contribution in [0.2, 0.25) is 0 Å². The molecule has 1 heteroatoms. The Morgan fingerprint density at radius 2 is 1.74 bits per heavy atom. The van der Waals surface area contributed by atoms with E-state index >= 15 is 0 Å². The van der Waals surface area contributed by atoms with Gasteiger partial charge in [0.25, 0.3) is 0 Å². The van der Waals surface area contributed by atoms with Gasteiger partial charge in [0.05, 0.1) is 0 Å². The highest BCUT2D eigenvalue weighted by Gasteiger charge is 2.33. The van der Waals surface area contributed by atoms with Crippen molar-refractivity contribution in [3.63, 3.8) is 0 Å². The van der Waals surface area contributed by atoms with Gasteiger partial charge in [0, 0.05) is 5.71 Å². The zero-order valence-corrected chi connectivity index (χ0v) is 24.3. The molecule has 0 aromatic heterocycles. The van der Waals surface area contributed by atoms with E-state index in [-0.39, 0.29) is 5.92 Å². The largest absolute Gasteiger partial charge is 0.304 e. The molecule has 0 bridgehead atoms. The molecule has 0 spiro atoms. The molecule has 0 radical (unpaired) electrons. The Hall–Kier alpha value is -1.89. The van der Waals surface area contributed by atoms with E-state index in [0.717, 1.165) is 49.0 Å². The first-order valence-electron chi connectivity index (χ1n) is 14.2. The van der Waals surface area contributed by atoms with Gasteiger partial charge in [-0.05, 0) is 111 Å². The van der Waals surface area contributed by atoms with Gasteiger partial charge in [0.15, 0.2) is 0 Å². The van der Waals surface area contributed by atoms with Crippen LogP contribution in [-0.2, 0) is 0 Å². The van der Waals surface area contributed by atoms with Crippen LogP contribution < -0.4 is 0 Å². The van der Waals surface area contributed by atoms with Gasteiger partial charge in [0.2, 0.25) is 0 Å². The highest BCUT2D eigenvalue weighted by Crippen LogP contribution is 2.48.